The van der Waals surface area contributed by atoms with Crippen LogP contribution >= 0.6 is 23.8 Å². The van der Waals surface area contributed by atoms with E-state index >= 15 is 0 Å². The van der Waals surface area contributed by atoms with Crippen molar-refractivity contribution in [3.05, 3.63) is 0 Å². The van der Waals surface area contributed by atoms with Crippen LogP contribution in [-0.4, -0.2) is 29.6 Å². The van der Waals surface area contributed by atoms with Gasteiger partial charge in [0.15, 0.2) is 5.05 Å². The fourth-order valence-electron chi connectivity index (χ4n) is 0.883. The summed E-state index contributed by atoms with van der Waals surface area (Å²) in [4.78, 5) is 11.1. The second kappa shape index (κ2) is 8.92. The molecular formula is C10H17ClO3S. The molecule has 0 saturated heterocycles. The van der Waals surface area contributed by atoms with E-state index in [0.29, 0.717) is 24.7 Å². The predicted molar refractivity (Wildman–Crippen MR) is 64.3 cm³/mol. The largest absolute Gasteiger partial charge is 0.486 e. The van der Waals surface area contributed by atoms with Crippen LogP contribution in [0.25, 0.3) is 0 Å². The summed E-state index contributed by atoms with van der Waals surface area (Å²) >= 11 is 10.8. The molecule has 15 heavy (non-hydrogen) atoms. The molecule has 0 heterocycles. The first kappa shape index (κ1) is 14.6. The minimum atomic E-state index is -0.394. The number of alkyl halides is 1. The monoisotopic (exact) mass is 252 g/mol. The zero-order chi connectivity index (χ0) is 11.7. The highest BCUT2D eigenvalue weighted by atomic mass is 35.5. The van der Waals surface area contributed by atoms with Crippen molar-refractivity contribution in [1.82, 2.24) is 0 Å². The molecule has 0 spiro atoms. The number of hydrogen-bond donors (Lipinski definition) is 0. The third-order valence-corrected chi connectivity index (χ3v) is 2.56. The molecule has 0 aromatic rings. The van der Waals surface area contributed by atoms with Crippen molar-refractivity contribution in [3.63, 3.8) is 0 Å². The lowest BCUT2D eigenvalue weighted by atomic mass is 10.2. The van der Waals surface area contributed by atoms with Crippen LogP contribution in [0.5, 0.6) is 0 Å². The molecule has 5 heteroatoms. The van der Waals surface area contributed by atoms with Crippen LogP contribution in [0.4, 0.5) is 0 Å². The van der Waals surface area contributed by atoms with E-state index in [9.17, 15) is 4.79 Å². The van der Waals surface area contributed by atoms with Gasteiger partial charge in [-0.1, -0.05) is 6.92 Å². The Kier molecular flexibility index (Phi) is 8.71. The molecule has 0 radical (unpaired) electrons. The van der Waals surface area contributed by atoms with Gasteiger partial charge in [0.2, 0.25) is 0 Å². The van der Waals surface area contributed by atoms with E-state index in [0.717, 1.165) is 6.42 Å². The van der Waals surface area contributed by atoms with Gasteiger partial charge in [-0.2, -0.15) is 0 Å². The minimum Gasteiger partial charge on any atom is -0.486 e. The Labute approximate surface area is 101 Å². The summed E-state index contributed by atoms with van der Waals surface area (Å²) in [5.41, 5.74) is 0. The summed E-state index contributed by atoms with van der Waals surface area (Å²) in [5.74, 6) is -0.234. The van der Waals surface area contributed by atoms with Gasteiger partial charge in [0.05, 0.1) is 13.2 Å². The number of carbonyl (C=O) groups is 1. The first-order valence-electron chi connectivity index (χ1n) is 5.08. The van der Waals surface area contributed by atoms with Gasteiger partial charge in [-0.15, -0.1) is 11.6 Å². The lowest BCUT2D eigenvalue weighted by molar-refractivity contribution is -0.143. The van der Waals surface area contributed by atoms with E-state index in [1.807, 2.05) is 13.8 Å². The van der Waals surface area contributed by atoms with Crippen LogP contribution in [0.1, 0.15) is 33.1 Å². The second-order valence-electron chi connectivity index (χ2n) is 2.98. The molecule has 0 aromatic carbocycles. The highest BCUT2D eigenvalue weighted by molar-refractivity contribution is 7.80. The molecule has 88 valence electrons. The van der Waals surface area contributed by atoms with Gasteiger partial charge >= 0.3 is 5.97 Å². The Balaban J connectivity index is 3.65. The van der Waals surface area contributed by atoms with Gasteiger partial charge in [0.1, 0.15) is 5.38 Å². The maximum absolute atomic E-state index is 11.1. The summed E-state index contributed by atoms with van der Waals surface area (Å²) in [7, 11) is 0. The van der Waals surface area contributed by atoms with E-state index in [1.165, 1.54) is 0 Å². The molecule has 0 aliphatic rings. The molecular weight excluding hydrogens is 236 g/mol. The summed E-state index contributed by atoms with van der Waals surface area (Å²) < 4.78 is 9.96. The number of carbonyl (C=O) groups excluding carboxylic acids is 1. The summed E-state index contributed by atoms with van der Waals surface area (Å²) in [6.07, 6.45) is 1.57. The second-order valence-corrected chi connectivity index (χ2v) is 3.91. The Morgan fingerprint density at radius 1 is 1.40 bits per heavy atom. The third-order valence-electron chi connectivity index (χ3n) is 1.61. The third kappa shape index (κ3) is 7.56. The lowest BCUT2D eigenvalue weighted by Crippen LogP contribution is -2.17. The van der Waals surface area contributed by atoms with Crippen LogP contribution in [0.15, 0.2) is 0 Å². The zero-order valence-corrected chi connectivity index (χ0v) is 10.7. The van der Waals surface area contributed by atoms with Crippen LogP contribution in [0, 0.1) is 0 Å². The fraction of sp³-hybridized carbons (Fsp3) is 0.800. The van der Waals surface area contributed by atoms with Crippen LogP contribution in [0.2, 0.25) is 0 Å². The predicted octanol–water partition coefficient (Wildman–Crippen LogP) is 2.69. The molecule has 0 bridgehead atoms. The number of rotatable bonds is 7. The zero-order valence-electron chi connectivity index (χ0n) is 9.12. The summed E-state index contributed by atoms with van der Waals surface area (Å²) in [6.45, 7) is 4.75. The highest BCUT2D eigenvalue weighted by Gasteiger charge is 2.14. The molecule has 1 unspecified atom stereocenters. The van der Waals surface area contributed by atoms with Crippen molar-refractivity contribution in [1.29, 1.82) is 0 Å². The highest BCUT2D eigenvalue weighted by Crippen LogP contribution is 2.10. The Morgan fingerprint density at radius 2 is 2.07 bits per heavy atom. The number of ether oxygens (including phenoxy) is 2. The van der Waals surface area contributed by atoms with E-state index in [1.54, 1.807) is 0 Å². The quantitative estimate of drug-likeness (QED) is 0.397. The maximum atomic E-state index is 11.1. The lowest BCUT2D eigenvalue weighted by Gasteiger charge is -2.10. The molecule has 0 rings (SSSR count). The maximum Gasteiger partial charge on any atom is 0.305 e. The van der Waals surface area contributed by atoms with Gasteiger partial charge in [0.25, 0.3) is 0 Å². The summed E-state index contributed by atoms with van der Waals surface area (Å²) in [6, 6.07) is 0. The van der Waals surface area contributed by atoms with Crippen molar-refractivity contribution >= 4 is 34.8 Å². The normalized spacial score (nSPS) is 11.9. The van der Waals surface area contributed by atoms with Crippen molar-refractivity contribution in [3.8, 4) is 0 Å². The van der Waals surface area contributed by atoms with Crippen LogP contribution in [-0.2, 0) is 14.3 Å². The topological polar surface area (TPSA) is 35.5 Å². The number of esters is 1. The van der Waals surface area contributed by atoms with Crippen molar-refractivity contribution < 1.29 is 14.3 Å². The van der Waals surface area contributed by atoms with Gasteiger partial charge in [-0.3, -0.25) is 4.79 Å². The Morgan fingerprint density at radius 3 is 2.60 bits per heavy atom. The van der Waals surface area contributed by atoms with E-state index in [4.69, 9.17) is 33.3 Å². The van der Waals surface area contributed by atoms with Crippen LogP contribution in [0.3, 0.4) is 0 Å². The van der Waals surface area contributed by atoms with Crippen molar-refractivity contribution in [2.75, 3.05) is 13.2 Å². The number of hydrogen-bond acceptors (Lipinski definition) is 4. The van der Waals surface area contributed by atoms with E-state index in [2.05, 4.69) is 0 Å². The number of thiocarbonyl (C=S) groups is 1. The first-order valence-corrected chi connectivity index (χ1v) is 5.92. The molecule has 0 amide bonds. The average molecular weight is 253 g/mol. The fourth-order valence-corrected chi connectivity index (χ4v) is 1.29. The number of halogens is 1. The molecule has 0 aromatic heterocycles. The van der Waals surface area contributed by atoms with Crippen molar-refractivity contribution in [2.24, 2.45) is 0 Å². The van der Waals surface area contributed by atoms with Gasteiger partial charge in [-0.05, 0) is 32.0 Å². The molecule has 1 atom stereocenters. The van der Waals surface area contributed by atoms with Crippen LogP contribution < -0.4 is 0 Å². The molecule has 0 N–H and O–H groups in total. The summed E-state index contributed by atoms with van der Waals surface area (Å²) in [5, 5.41) is -0.0448. The standard InChI is InChI=1S/C10H17ClO3S/c1-3-7-14-9(12)6-5-8(11)10(15)13-4-2/h8H,3-7H2,1-2H3. The molecule has 0 aliphatic heterocycles. The van der Waals surface area contributed by atoms with Crippen molar-refractivity contribution in [2.45, 2.75) is 38.5 Å². The van der Waals surface area contributed by atoms with Gasteiger partial charge in [-0.25, -0.2) is 0 Å². The van der Waals surface area contributed by atoms with E-state index in [-0.39, 0.29) is 12.4 Å². The molecule has 0 aliphatic carbocycles. The minimum absolute atomic E-state index is 0.234. The molecule has 3 nitrogen and oxygen atoms in total. The van der Waals surface area contributed by atoms with Gasteiger partial charge < -0.3 is 9.47 Å². The average Bonchev–Trinajstić information content (AvgIpc) is 2.23. The first-order chi connectivity index (χ1) is 7.11. The SMILES string of the molecule is CCCOC(=O)CCC(Cl)C(=S)OCC. The Bertz CT molecular complexity index is 209. The Hall–Kier alpha value is -0.350. The molecule has 0 saturated carbocycles. The molecule has 0 fully saturated rings. The smallest absolute Gasteiger partial charge is 0.305 e. The van der Waals surface area contributed by atoms with Gasteiger partial charge in [0, 0.05) is 6.42 Å². The van der Waals surface area contributed by atoms with E-state index < -0.39 is 5.38 Å².